The zero-order valence-corrected chi connectivity index (χ0v) is 10.7. The fourth-order valence-electron chi connectivity index (χ4n) is 3.17. The Bertz CT molecular complexity index is 267. The Morgan fingerprint density at radius 3 is 2.50 bits per heavy atom. The molecule has 0 amide bonds. The topological polar surface area (TPSA) is 29.5 Å². The van der Waals surface area contributed by atoms with Gasteiger partial charge in [-0.05, 0) is 58.5 Å². The molecule has 0 radical (unpaired) electrons. The summed E-state index contributed by atoms with van der Waals surface area (Å²) in [6.07, 6.45) is 5.97. The lowest BCUT2D eigenvalue weighted by atomic mass is 9.81. The molecular formula is C13H23NO2. The normalized spacial score (nSPS) is 37.8. The third-order valence-corrected chi connectivity index (χ3v) is 4.44. The molecule has 16 heavy (non-hydrogen) atoms. The van der Waals surface area contributed by atoms with Crippen LogP contribution in [0.5, 0.6) is 0 Å². The van der Waals surface area contributed by atoms with Crippen molar-refractivity contribution in [2.75, 3.05) is 20.7 Å². The summed E-state index contributed by atoms with van der Waals surface area (Å²) in [6, 6.07) is 0.717. The van der Waals surface area contributed by atoms with Crippen molar-refractivity contribution in [2.24, 2.45) is 11.3 Å². The summed E-state index contributed by atoms with van der Waals surface area (Å²) < 4.78 is 5.12. The van der Waals surface area contributed by atoms with Gasteiger partial charge in [0, 0.05) is 6.04 Å². The summed E-state index contributed by atoms with van der Waals surface area (Å²) in [7, 11) is 4.30. The van der Waals surface area contributed by atoms with E-state index in [-0.39, 0.29) is 11.9 Å². The summed E-state index contributed by atoms with van der Waals surface area (Å²) in [5.74, 6) is 0.265. The number of esters is 1. The Hall–Kier alpha value is -0.570. The van der Waals surface area contributed by atoms with Gasteiger partial charge in [-0.25, -0.2) is 0 Å². The van der Waals surface area contributed by atoms with Crippen LogP contribution in [0.15, 0.2) is 0 Å². The number of carbonyl (C=O) groups excluding carboxylic acids is 1. The molecule has 0 bridgehead atoms. The zero-order chi connectivity index (χ0) is 11.8. The van der Waals surface area contributed by atoms with E-state index in [1.165, 1.54) is 25.7 Å². The van der Waals surface area contributed by atoms with E-state index in [4.69, 9.17) is 4.74 Å². The lowest BCUT2D eigenvalue weighted by molar-refractivity contribution is -0.145. The SMILES string of the molecule is CCOC(=O)[C@H]1CC12CCC(N(C)C)CC2. The van der Waals surface area contributed by atoms with Crippen molar-refractivity contribution >= 4 is 5.97 Å². The van der Waals surface area contributed by atoms with Gasteiger partial charge >= 0.3 is 5.97 Å². The number of ether oxygens (including phenoxy) is 1. The summed E-state index contributed by atoms with van der Waals surface area (Å²) in [4.78, 5) is 14.0. The van der Waals surface area contributed by atoms with Crippen molar-refractivity contribution in [2.45, 2.75) is 45.1 Å². The van der Waals surface area contributed by atoms with E-state index >= 15 is 0 Å². The van der Waals surface area contributed by atoms with E-state index in [2.05, 4.69) is 19.0 Å². The van der Waals surface area contributed by atoms with Gasteiger partial charge in [0.15, 0.2) is 0 Å². The second-order valence-corrected chi connectivity index (χ2v) is 5.57. The average Bonchev–Trinajstić information content (AvgIpc) is 2.93. The molecule has 0 saturated heterocycles. The van der Waals surface area contributed by atoms with Gasteiger partial charge in [-0.1, -0.05) is 0 Å². The van der Waals surface area contributed by atoms with Crippen molar-refractivity contribution in [1.82, 2.24) is 4.90 Å². The van der Waals surface area contributed by atoms with Crippen molar-refractivity contribution < 1.29 is 9.53 Å². The molecule has 92 valence electrons. The summed E-state index contributed by atoms with van der Waals surface area (Å²) in [5.41, 5.74) is 0.332. The lowest BCUT2D eigenvalue weighted by Crippen LogP contribution is -2.33. The first-order chi connectivity index (χ1) is 7.59. The number of carbonyl (C=O) groups is 1. The Balaban J connectivity index is 1.84. The van der Waals surface area contributed by atoms with E-state index in [0.29, 0.717) is 18.1 Å². The molecule has 2 saturated carbocycles. The standard InChI is InChI=1S/C13H23NO2/c1-4-16-12(15)11-9-13(11)7-5-10(6-8-13)14(2)3/h10-11H,4-9H2,1-3H3/t10?,11-,13?/m1/s1. The molecular weight excluding hydrogens is 202 g/mol. The molecule has 0 aromatic rings. The molecule has 0 unspecified atom stereocenters. The molecule has 2 rings (SSSR count). The molecule has 2 aliphatic carbocycles. The highest BCUT2D eigenvalue weighted by Crippen LogP contribution is 2.62. The second kappa shape index (κ2) is 4.36. The molecule has 0 heterocycles. The maximum Gasteiger partial charge on any atom is 0.309 e. The molecule has 1 spiro atoms. The monoisotopic (exact) mass is 225 g/mol. The van der Waals surface area contributed by atoms with Gasteiger partial charge in [-0.3, -0.25) is 4.79 Å². The van der Waals surface area contributed by atoms with Gasteiger partial charge in [-0.2, -0.15) is 0 Å². The summed E-state index contributed by atoms with van der Waals surface area (Å²) >= 11 is 0. The predicted octanol–water partition coefficient (Wildman–Crippen LogP) is 2.06. The first-order valence-corrected chi connectivity index (χ1v) is 6.42. The summed E-state index contributed by atoms with van der Waals surface area (Å²) in [5, 5.41) is 0. The van der Waals surface area contributed by atoms with Gasteiger partial charge in [0.2, 0.25) is 0 Å². The number of hydrogen-bond acceptors (Lipinski definition) is 3. The van der Waals surface area contributed by atoms with E-state index in [1.54, 1.807) is 0 Å². The third kappa shape index (κ3) is 2.10. The molecule has 2 aliphatic rings. The van der Waals surface area contributed by atoms with Crippen LogP contribution in [0.25, 0.3) is 0 Å². The zero-order valence-electron chi connectivity index (χ0n) is 10.7. The highest BCUT2D eigenvalue weighted by Gasteiger charge is 2.59. The fourth-order valence-corrected chi connectivity index (χ4v) is 3.17. The minimum Gasteiger partial charge on any atom is -0.466 e. The Labute approximate surface area is 98.1 Å². The van der Waals surface area contributed by atoms with Gasteiger partial charge < -0.3 is 9.64 Å². The van der Waals surface area contributed by atoms with Crippen LogP contribution < -0.4 is 0 Å². The van der Waals surface area contributed by atoms with Crippen molar-refractivity contribution in [3.8, 4) is 0 Å². The van der Waals surface area contributed by atoms with Crippen LogP contribution in [-0.4, -0.2) is 37.6 Å². The highest BCUT2D eigenvalue weighted by molar-refractivity contribution is 5.77. The van der Waals surface area contributed by atoms with Crippen LogP contribution in [0.4, 0.5) is 0 Å². The van der Waals surface area contributed by atoms with Crippen LogP contribution >= 0.6 is 0 Å². The highest BCUT2D eigenvalue weighted by atomic mass is 16.5. The number of hydrogen-bond donors (Lipinski definition) is 0. The molecule has 1 atom stereocenters. The molecule has 0 aromatic heterocycles. The van der Waals surface area contributed by atoms with Crippen molar-refractivity contribution in [1.29, 1.82) is 0 Å². The van der Waals surface area contributed by atoms with Crippen LogP contribution in [0.1, 0.15) is 39.0 Å². The van der Waals surface area contributed by atoms with Crippen LogP contribution in [0.2, 0.25) is 0 Å². The van der Waals surface area contributed by atoms with E-state index < -0.39 is 0 Å². The van der Waals surface area contributed by atoms with Gasteiger partial charge in [0.25, 0.3) is 0 Å². The predicted molar refractivity (Wildman–Crippen MR) is 63.1 cm³/mol. The maximum absolute atomic E-state index is 11.7. The minimum atomic E-state index is 0.0470. The Kier molecular flexibility index (Phi) is 3.24. The fraction of sp³-hybridized carbons (Fsp3) is 0.923. The largest absolute Gasteiger partial charge is 0.466 e. The van der Waals surface area contributed by atoms with Crippen LogP contribution in [-0.2, 0) is 9.53 Å². The molecule has 0 aliphatic heterocycles. The second-order valence-electron chi connectivity index (χ2n) is 5.57. The van der Waals surface area contributed by atoms with Gasteiger partial charge in [-0.15, -0.1) is 0 Å². The Morgan fingerprint density at radius 2 is 2.00 bits per heavy atom. The molecule has 2 fully saturated rings. The molecule has 0 N–H and O–H groups in total. The lowest BCUT2D eigenvalue weighted by Gasteiger charge is -2.33. The van der Waals surface area contributed by atoms with Crippen molar-refractivity contribution in [3.63, 3.8) is 0 Å². The number of rotatable bonds is 3. The van der Waals surface area contributed by atoms with E-state index in [0.717, 1.165) is 6.42 Å². The molecule has 3 nitrogen and oxygen atoms in total. The first kappa shape index (κ1) is 11.9. The van der Waals surface area contributed by atoms with E-state index in [1.807, 2.05) is 6.92 Å². The first-order valence-electron chi connectivity index (χ1n) is 6.42. The minimum absolute atomic E-state index is 0.0470. The van der Waals surface area contributed by atoms with Crippen LogP contribution in [0, 0.1) is 11.3 Å². The van der Waals surface area contributed by atoms with E-state index in [9.17, 15) is 4.79 Å². The average molecular weight is 225 g/mol. The molecule has 3 heteroatoms. The Morgan fingerprint density at radius 1 is 1.38 bits per heavy atom. The third-order valence-electron chi connectivity index (χ3n) is 4.44. The quantitative estimate of drug-likeness (QED) is 0.689. The van der Waals surface area contributed by atoms with Gasteiger partial charge in [0.05, 0.1) is 12.5 Å². The maximum atomic E-state index is 11.7. The number of nitrogens with zero attached hydrogens (tertiary/aromatic N) is 1. The van der Waals surface area contributed by atoms with Crippen molar-refractivity contribution in [3.05, 3.63) is 0 Å². The van der Waals surface area contributed by atoms with Gasteiger partial charge in [0.1, 0.15) is 0 Å². The van der Waals surface area contributed by atoms with Crippen LogP contribution in [0.3, 0.4) is 0 Å². The smallest absolute Gasteiger partial charge is 0.309 e. The summed E-state index contributed by atoms with van der Waals surface area (Å²) in [6.45, 7) is 2.40. The molecule has 0 aromatic carbocycles.